The number of benzene rings is 1. The second kappa shape index (κ2) is 4.76. The molecule has 0 aliphatic heterocycles. The molecule has 0 atom stereocenters. The fourth-order valence-corrected chi connectivity index (χ4v) is 2.05. The fourth-order valence-electron chi connectivity index (χ4n) is 1.39. The highest BCUT2D eigenvalue weighted by molar-refractivity contribution is 6.37. The van der Waals surface area contributed by atoms with Crippen LogP contribution in [0.25, 0.3) is 5.69 Å². The van der Waals surface area contributed by atoms with Crippen molar-refractivity contribution < 1.29 is 13.2 Å². The summed E-state index contributed by atoms with van der Waals surface area (Å²) in [7, 11) is 0. The normalized spacial score (nSPS) is 11.4. The number of aromatic nitrogens is 3. The Balaban J connectivity index is 2.57. The lowest BCUT2D eigenvalue weighted by Gasteiger charge is -2.11. The van der Waals surface area contributed by atoms with Gasteiger partial charge in [0.15, 0.2) is 5.69 Å². The minimum atomic E-state index is -4.53. The van der Waals surface area contributed by atoms with E-state index >= 15 is 0 Å². The van der Waals surface area contributed by atoms with Crippen molar-refractivity contribution in [1.29, 1.82) is 0 Å². The summed E-state index contributed by atoms with van der Waals surface area (Å²) in [6.07, 6.45) is 1.92. The number of halogens is 5. The molecule has 0 spiro atoms. The van der Waals surface area contributed by atoms with Gasteiger partial charge in [-0.15, -0.1) is 11.5 Å². The molecule has 98 valence electrons. The van der Waals surface area contributed by atoms with E-state index < -0.39 is 11.7 Å². The van der Waals surface area contributed by atoms with Crippen LogP contribution in [-0.2, 0) is 6.18 Å². The molecule has 8 heteroatoms. The van der Waals surface area contributed by atoms with Gasteiger partial charge in [-0.05, 0) is 18.1 Å². The Morgan fingerprint density at radius 1 is 1.21 bits per heavy atom. The summed E-state index contributed by atoms with van der Waals surface area (Å²) in [4.78, 5) is 0. The van der Waals surface area contributed by atoms with Crippen LogP contribution >= 0.6 is 23.2 Å². The summed E-state index contributed by atoms with van der Waals surface area (Å²) >= 11 is 11.6. The van der Waals surface area contributed by atoms with E-state index in [1.807, 2.05) is 0 Å². The van der Waals surface area contributed by atoms with Crippen LogP contribution < -0.4 is 0 Å². The highest BCUT2D eigenvalue weighted by Crippen LogP contribution is 2.37. The predicted molar refractivity (Wildman–Crippen MR) is 64.3 cm³/mol. The molecule has 0 bridgehead atoms. The van der Waals surface area contributed by atoms with Gasteiger partial charge < -0.3 is 0 Å². The highest BCUT2D eigenvalue weighted by Gasteiger charge is 2.32. The van der Waals surface area contributed by atoms with Crippen molar-refractivity contribution in [3.8, 4) is 18.0 Å². The van der Waals surface area contributed by atoms with Crippen molar-refractivity contribution in [2.75, 3.05) is 0 Å². The average molecular weight is 306 g/mol. The molecule has 0 unspecified atom stereocenters. The average Bonchev–Trinajstić information content (AvgIpc) is 2.75. The standard InChI is InChI=1S/C11H4Cl2F3N3/c1-2-7-5-19(18-17-7)10-8(12)3-6(4-9(10)13)11(14,15)16/h1,3-5H. The molecular weight excluding hydrogens is 302 g/mol. The first-order valence-electron chi connectivity index (χ1n) is 4.78. The SMILES string of the molecule is C#Cc1cn(-c2c(Cl)cc(C(F)(F)F)cc2Cl)nn1. The van der Waals surface area contributed by atoms with Crippen LogP contribution in [0.4, 0.5) is 13.2 Å². The second-order valence-electron chi connectivity index (χ2n) is 3.48. The predicted octanol–water partition coefficient (Wildman–Crippen LogP) is 3.57. The first-order valence-corrected chi connectivity index (χ1v) is 5.54. The number of nitrogens with zero attached hydrogens (tertiary/aromatic N) is 3. The molecule has 0 aliphatic rings. The van der Waals surface area contributed by atoms with Gasteiger partial charge in [0.1, 0.15) is 5.69 Å². The Bertz CT molecular complexity index is 648. The quantitative estimate of drug-likeness (QED) is 0.754. The smallest absolute Gasteiger partial charge is 0.216 e. The maximum atomic E-state index is 12.6. The Labute approximate surface area is 115 Å². The third-order valence-corrected chi connectivity index (χ3v) is 2.79. The van der Waals surface area contributed by atoms with Crippen LogP contribution in [0, 0.1) is 12.3 Å². The zero-order chi connectivity index (χ0) is 14.2. The maximum absolute atomic E-state index is 12.6. The monoisotopic (exact) mass is 305 g/mol. The van der Waals surface area contributed by atoms with E-state index in [2.05, 4.69) is 16.2 Å². The summed E-state index contributed by atoms with van der Waals surface area (Å²) in [6, 6.07) is 1.53. The van der Waals surface area contributed by atoms with E-state index in [0.717, 1.165) is 16.8 Å². The van der Waals surface area contributed by atoms with Crippen molar-refractivity contribution in [2.45, 2.75) is 6.18 Å². The van der Waals surface area contributed by atoms with Crippen molar-refractivity contribution in [1.82, 2.24) is 15.0 Å². The molecule has 0 aliphatic carbocycles. The zero-order valence-corrected chi connectivity index (χ0v) is 10.6. The summed E-state index contributed by atoms with van der Waals surface area (Å²) in [5.74, 6) is 2.23. The lowest BCUT2D eigenvalue weighted by atomic mass is 10.2. The van der Waals surface area contributed by atoms with E-state index in [9.17, 15) is 13.2 Å². The first kappa shape index (κ1) is 13.7. The number of hydrogen-bond donors (Lipinski definition) is 0. The number of terminal acetylenes is 1. The van der Waals surface area contributed by atoms with Gasteiger partial charge in [0, 0.05) is 0 Å². The van der Waals surface area contributed by atoms with Gasteiger partial charge in [-0.25, -0.2) is 4.68 Å². The van der Waals surface area contributed by atoms with Crippen LogP contribution in [0.3, 0.4) is 0 Å². The van der Waals surface area contributed by atoms with Gasteiger partial charge in [-0.2, -0.15) is 13.2 Å². The summed E-state index contributed by atoms with van der Waals surface area (Å²) in [6.45, 7) is 0. The Hall–Kier alpha value is -1.71. The molecule has 0 saturated heterocycles. The lowest BCUT2D eigenvalue weighted by Crippen LogP contribution is -2.07. The zero-order valence-electron chi connectivity index (χ0n) is 9.04. The largest absolute Gasteiger partial charge is 0.416 e. The molecule has 1 aromatic heterocycles. The van der Waals surface area contributed by atoms with E-state index in [0.29, 0.717) is 0 Å². The Kier molecular flexibility index (Phi) is 3.43. The molecule has 0 radical (unpaired) electrons. The molecule has 2 rings (SSSR count). The molecule has 2 aromatic rings. The number of rotatable bonds is 1. The topological polar surface area (TPSA) is 30.7 Å². The van der Waals surface area contributed by atoms with Crippen LogP contribution in [0.1, 0.15) is 11.3 Å². The van der Waals surface area contributed by atoms with Crippen LogP contribution in [0.15, 0.2) is 18.3 Å². The van der Waals surface area contributed by atoms with Gasteiger partial charge in [-0.1, -0.05) is 28.4 Å². The third-order valence-electron chi connectivity index (χ3n) is 2.21. The van der Waals surface area contributed by atoms with Gasteiger partial charge in [0.2, 0.25) is 0 Å². The summed E-state index contributed by atoms with van der Waals surface area (Å²) in [5.41, 5.74) is -0.638. The molecule has 0 N–H and O–H groups in total. The van der Waals surface area contributed by atoms with Crippen LogP contribution in [0.2, 0.25) is 10.0 Å². The van der Waals surface area contributed by atoms with Gasteiger partial charge in [0.25, 0.3) is 0 Å². The fraction of sp³-hybridized carbons (Fsp3) is 0.0909. The second-order valence-corrected chi connectivity index (χ2v) is 4.29. The number of alkyl halides is 3. The number of hydrogen-bond acceptors (Lipinski definition) is 2. The summed E-state index contributed by atoms with van der Waals surface area (Å²) in [5, 5.41) is 6.85. The molecule has 19 heavy (non-hydrogen) atoms. The van der Waals surface area contributed by atoms with E-state index in [-0.39, 0.29) is 21.4 Å². The van der Waals surface area contributed by atoms with E-state index in [4.69, 9.17) is 29.6 Å². The molecule has 0 saturated carbocycles. The lowest BCUT2D eigenvalue weighted by molar-refractivity contribution is -0.137. The third kappa shape index (κ3) is 2.67. The Morgan fingerprint density at radius 3 is 2.21 bits per heavy atom. The molecule has 0 amide bonds. The van der Waals surface area contributed by atoms with E-state index in [1.165, 1.54) is 6.20 Å². The van der Waals surface area contributed by atoms with Crippen molar-refractivity contribution in [3.63, 3.8) is 0 Å². The first-order chi connectivity index (χ1) is 8.82. The molecule has 1 aromatic carbocycles. The minimum Gasteiger partial charge on any atom is -0.216 e. The molecule has 3 nitrogen and oxygen atoms in total. The van der Waals surface area contributed by atoms with E-state index in [1.54, 1.807) is 0 Å². The Morgan fingerprint density at radius 2 is 1.79 bits per heavy atom. The highest BCUT2D eigenvalue weighted by atomic mass is 35.5. The van der Waals surface area contributed by atoms with Crippen molar-refractivity contribution in [3.05, 3.63) is 39.6 Å². The van der Waals surface area contributed by atoms with Gasteiger partial charge in [0.05, 0.1) is 21.8 Å². The molecule has 1 heterocycles. The van der Waals surface area contributed by atoms with Crippen molar-refractivity contribution in [2.24, 2.45) is 0 Å². The van der Waals surface area contributed by atoms with Crippen LogP contribution in [0.5, 0.6) is 0 Å². The van der Waals surface area contributed by atoms with Gasteiger partial charge in [-0.3, -0.25) is 0 Å². The maximum Gasteiger partial charge on any atom is 0.416 e. The van der Waals surface area contributed by atoms with Crippen molar-refractivity contribution >= 4 is 23.2 Å². The minimum absolute atomic E-state index is 0.0883. The molecular formula is C11H4Cl2F3N3. The summed E-state index contributed by atoms with van der Waals surface area (Å²) < 4.78 is 38.8. The van der Waals surface area contributed by atoms with Crippen LogP contribution in [-0.4, -0.2) is 15.0 Å². The molecule has 0 fully saturated rings. The van der Waals surface area contributed by atoms with Gasteiger partial charge >= 0.3 is 6.18 Å².